The van der Waals surface area contributed by atoms with Crippen LogP contribution in [0, 0.1) is 5.92 Å². The van der Waals surface area contributed by atoms with Crippen LogP contribution >= 0.6 is 23.2 Å². The predicted molar refractivity (Wildman–Crippen MR) is 100 cm³/mol. The molecule has 0 bridgehead atoms. The molecule has 4 nitrogen and oxygen atoms in total. The summed E-state index contributed by atoms with van der Waals surface area (Å²) in [5.41, 5.74) is 1.05. The molecule has 134 valence electrons. The Labute approximate surface area is 157 Å². The number of carbonyl (C=O) groups is 1. The first-order valence-corrected chi connectivity index (χ1v) is 8.79. The molecule has 2 rings (SSSR count). The highest BCUT2D eigenvalue weighted by atomic mass is 35.5. The van der Waals surface area contributed by atoms with E-state index in [9.17, 15) is 9.90 Å². The van der Waals surface area contributed by atoms with E-state index >= 15 is 0 Å². The highest BCUT2D eigenvalue weighted by molar-refractivity contribution is 6.32. The van der Waals surface area contributed by atoms with E-state index in [1.807, 2.05) is 24.3 Å². The predicted octanol–water partition coefficient (Wildman–Crippen LogP) is 3.73. The average molecular weight is 382 g/mol. The van der Waals surface area contributed by atoms with Crippen molar-refractivity contribution < 1.29 is 14.6 Å². The Balaban J connectivity index is 1.84. The maximum Gasteiger partial charge on any atom is 0.260 e. The topological polar surface area (TPSA) is 58.6 Å². The SMILES string of the molecule is C[C@H](Oc1ccccc1Cl)C(=O)NC[C@@H](CO)Cc1ccc(Cl)cc1. The second-order valence-corrected chi connectivity index (χ2v) is 6.66. The number of rotatable bonds is 8. The molecule has 2 N–H and O–H groups in total. The van der Waals surface area contributed by atoms with Crippen molar-refractivity contribution in [3.8, 4) is 5.75 Å². The number of aliphatic hydroxyl groups excluding tert-OH is 1. The maximum absolute atomic E-state index is 12.2. The van der Waals surface area contributed by atoms with E-state index in [-0.39, 0.29) is 18.4 Å². The number of para-hydroxylation sites is 1. The van der Waals surface area contributed by atoms with Gasteiger partial charge < -0.3 is 15.2 Å². The molecule has 0 aromatic heterocycles. The van der Waals surface area contributed by atoms with Crippen LogP contribution in [0.2, 0.25) is 10.0 Å². The first-order valence-electron chi connectivity index (χ1n) is 8.03. The molecule has 0 fully saturated rings. The number of halogens is 2. The van der Waals surface area contributed by atoms with Crippen molar-refractivity contribution in [2.45, 2.75) is 19.4 Å². The summed E-state index contributed by atoms with van der Waals surface area (Å²) in [7, 11) is 0. The van der Waals surface area contributed by atoms with Crippen molar-refractivity contribution in [3.63, 3.8) is 0 Å². The average Bonchev–Trinajstić information content (AvgIpc) is 2.61. The first-order chi connectivity index (χ1) is 12.0. The van der Waals surface area contributed by atoms with Gasteiger partial charge in [-0.2, -0.15) is 0 Å². The largest absolute Gasteiger partial charge is 0.479 e. The molecule has 2 aromatic carbocycles. The van der Waals surface area contributed by atoms with Gasteiger partial charge in [0.15, 0.2) is 6.10 Å². The molecule has 0 aliphatic carbocycles. The van der Waals surface area contributed by atoms with E-state index in [4.69, 9.17) is 27.9 Å². The van der Waals surface area contributed by atoms with Gasteiger partial charge in [0.25, 0.3) is 5.91 Å². The molecular formula is C19H21Cl2NO3. The molecule has 0 spiro atoms. The van der Waals surface area contributed by atoms with E-state index in [2.05, 4.69) is 5.32 Å². The lowest BCUT2D eigenvalue weighted by Crippen LogP contribution is -2.40. The monoisotopic (exact) mass is 381 g/mol. The number of nitrogens with one attached hydrogen (secondary N) is 1. The van der Waals surface area contributed by atoms with Gasteiger partial charge in [0.1, 0.15) is 5.75 Å². The van der Waals surface area contributed by atoms with Gasteiger partial charge in [0, 0.05) is 24.1 Å². The number of carbonyl (C=O) groups excluding carboxylic acids is 1. The standard InChI is InChI=1S/C19H21Cl2NO3/c1-13(25-18-5-3-2-4-17(18)21)19(24)22-11-15(12-23)10-14-6-8-16(20)9-7-14/h2-9,13,15,23H,10-12H2,1H3,(H,22,24)/t13-,15-/m0/s1. The summed E-state index contributed by atoms with van der Waals surface area (Å²) in [6.07, 6.45) is -0.0389. The zero-order valence-electron chi connectivity index (χ0n) is 13.9. The zero-order valence-corrected chi connectivity index (χ0v) is 15.4. The minimum absolute atomic E-state index is 0.0251. The van der Waals surface area contributed by atoms with Gasteiger partial charge in [0.05, 0.1) is 5.02 Å². The van der Waals surface area contributed by atoms with Crippen LogP contribution in [0.4, 0.5) is 0 Å². The van der Waals surface area contributed by atoms with Gasteiger partial charge >= 0.3 is 0 Å². The summed E-state index contributed by atoms with van der Waals surface area (Å²) in [5, 5.41) is 13.5. The summed E-state index contributed by atoms with van der Waals surface area (Å²) in [6.45, 7) is 1.99. The van der Waals surface area contributed by atoms with Crippen molar-refractivity contribution in [1.82, 2.24) is 5.32 Å². The maximum atomic E-state index is 12.2. The third-order valence-corrected chi connectivity index (χ3v) is 4.33. The Morgan fingerprint density at radius 1 is 1.16 bits per heavy atom. The number of ether oxygens (including phenoxy) is 1. The van der Waals surface area contributed by atoms with Gasteiger partial charge in [0.2, 0.25) is 0 Å². The van der Waals surface area contributed by atoms with Crippen LogP contribution in [0.15, 0.2) is 48.5 Å². The van der Waals surface area contributed by atoms with E-state index in [0.717, 1.165) is 5.56 Å². The molecule has 2 atom stereocenters. The highest BCUT2D eigenvalue weighted by Gasteiger charge is 2.17. The summed E-state index contributed by atoms with van der Waals surface area (Å²) < 4.78 is 5.58. The van der Waals surface area contributed by atoms with Crippen molar-refractivity contribution >= 4 is 29.1 Å². The minimum atomic E-state index is -0.685. The van der Waals surface area contributed by atoms with E-state index in [1.54, 1.807) is 31.2 Å². The summed E-state index contributed by atoms with van der Waals surface area (Å²) >= 11 is 11.9. The Morgan fingerprint density at radius 2 is 1.84 bits per heavy atom. The second kappa shape index (κ2) is 9.66. The summed E-state index contributed by atoms with van der Waals surface area (Å²) in [4.78, 5) is 12.2. The first kappa shape index (κ1) is 19.6. The lowest BCUT2D eigenvalue weighted by Gasteiger charge is -2.19. The lowest BCUT2D eigenvalue weighted by atomic mass is 10.00. The number of amides is 1. The number of hydrogen-bond donors (Lipinski definition) is 2. The fourth-order valence-electron chi connectivity index (χ4n) is 2.33. The van der Waals surface area contributed by atoms with Gasteiger partial charge in [-0.3, -0.25) is 4.79 Å². The summed E-state index contributed by atoms with van der Waals surface area (Å²) in [5.74, 6) is 0.124. The molecular weight excluding hydrogens is 361 g/mol. The Morgan fingerprint density at radius 3 is 2.48 bits per heavy atom. The highest BCUT2D eigenvalue weighted by Crippen LogP contribution is 2.24. The van der Waals surface area contributed by atoms with Gasteiger partial charge in [-0.15, -0.1) is 0 Å². The van der Waals surface area contributed by atoms with Gasteiger partial charge in [-0.1, -0.05) is 47.5 Å². The molecule has 2 aromatic rings. The molecule has 0 heterocycles. The fourth-order valence-corrected chi connectivity index (χ4v) is 2.63. The molecule has 25 heavy (non-hydrogen) atoms. The van der Waals surface area contributed by atoms with Crippen molar-refractivity contribution in [1.29, 1.82) is 0 Å². The van der Waals surface area contributed by atoms with Crippen molar-refractivity contribution in [2.75, 3.05) is 13.2 Å². The lowest BCUT2D eigenvalue weighted by molar-refractivity contribution is -0.127. The fraction of sp³-hybridized carbons (Fsp3) is 0.316. The van der Waals surface area contributed by atoms with Gasteiger partial charge in [-0.25, -0.2) is 0 Å². The zero-order chi connectivity index (χ0) is 18.2. The van der Waals surface area contributed by atoms with Crippen LogP contribution < -0.4 is 10.1 Å². The molecule has 0 saturated carbocycles. The van der Waals surface area contributed by atoms with E-state index < -0.39 is 6.10 Å². The minimum Gasteiger partial charge on any atom is -0.479 e. The Hall–Kier alpha value is -1.75. The van der Waals surface area contributed by atoms with Crippen LogP contribution in [0.5, 0.6) is 5.75 Å². The van der Waals surface area contributed by atoms with E-state index in [1.165, 1.54) is 0 Å². The number of aliphatic hydroxyl groups is 1. The molecule has 0 aliphatic heterocycles. The third kappa shape index (κ3) is 6.24. The Kier molecular flexibility index (Phi) is 7.56. The molecule has 6 heteroatoms. The van der Waals surface area contributed by atoms with Gasteiger partial charge in [-0.05, 0) is 43.2 Å². The molecule has 0 radical (unpaired) electrons. The van der Waals surface area contributed by atoms with Crippen LogP contribution in [-0.4, -0.2) is 30.3 Å². The number of hydrogen-bond acceptors (Lipinski definition) is 3. The van der Waals surface area contributed by atoms with Crippen LogP contribution in [-0.2, 0) is 11.2 Å². The van der Waals surface area contributed by atoms with Crippen LogP contribution in [0.3, 0.4) is 0 Å². The van der Waals surface area contributed by atoms with Crippen molar-refractivity contribution in [2.24, 2.45) is 5.92 Å². The quantitative estimate of drug-likeness (QED) is 0.732. The molecule has 0 unspecified atom stereocenters. The van der Waals surface area contributed by atoms with Crippen molar-refractivity contribution in [3.05, 3.63) is 64.1 Å². The number of benzene rings is 2. The van der Waals surface area contributed by atoms with Crippen LogP contribution in [0.1, 0.15) is 12.5 Å². The Bertz CT molecular complexity index is 691. The van der Waals surface area contributed by atoms with E-state index in [0.29, 0.717) is 28.8 Å². The second-order valence-electron chi connectivity index (χ2n) is 5.81. The van der Waals surface area contributed by atoms with Crippen LogP contribution in [0.25, 0.3) is 0 Å². The molecule has 0 aliphatic rings. The molecule has 0 saturated heterocycles. The normalized spacial score (nSPS) is 13.1. The smallest absolute Gasteiger partial charge is 0.260 e. The third-order valence-electron chi connectivity index (χ3n) is 3.77. The molecule has 1 amide bonds. The summed E-state index contributed by atoms with van der Waals surface area (Å²) in [6, 6.07) is 14.4.